The number of ether oxygens (including phenoxy) is 5. The SMILES string of the molecule is C=C1COc2ccc(-c3[nH]ncc3CN(C)CCN)cc2N1.CCCCN(C)Cc1cn[nH]c1-c1ccc(C(C)(F)F)cc1.CCCCN(C)Cc1cn[nH]c1-c1ccc(OC2CCOCC2)cc1.CCCN(C)Cc1cn[nH]c1-c1ccc(OCCN2CCOCC2)cc1.CCCN(CCN)Cc1cn[nH]c1-c1ccc(F)cc1. The first kappa shape index (κ1) is 89.4. The van der Waals surface area contributed by atoms with Crippen LogP contribution in [0, 0.1) is 5.82 Å². The molecule has 115 heavy (non-hydrogen) atoms. The Balaban J connectivity index is 0.000000165. The van der Waals surface area contributed by atoms with Crippen molar-refractivity contribution >= 4 is 5.69 Å². The maximum atomic E-state index is 13.3. The molecule has 0 atom stereocenters. The van der Waals surface area contributed by atoms with Gasteiger partial charge in [0, 0.05) is 160 Å². The van der Waals surface area contributed by atoms with Crippen molar-refractivity contribution in [1.29, 1.82) is 0 Å². The number of nitrogens with two attached hydrogens (primary N) is 2. The van der Waals surface area contributed by atoms with E-state index in [0.717, 1.165) is 265 Å². The van der Waals surface area contributed by atoms with Gasteiger partial charge in [0.2, 0.25) is 0 Å². The first-order valence-electron chi connectivity index (χ1n) is 40.7. The fourth-order valence-corrected chi connectivity index (χ4v) is 13.7. The number of rotatable bonds is 36. The summed E-state index contributed by atoms with van der Waals surface area (Å²) in [4.78, 5) is 13.8. The van der Waals surface area contributed by atoms with Crippen LogP contribution in [0.15, 0.2) is 159 Å². The first-order chi connectivity index (χ1) is 55.8. The fourth-order valence-electron chi connectivity index (χ4n) is 13.7. The molecular formula is C88H124F3N19O5. The molecule has 10 aromatic rings. The largest absolute Gasteiger partial charge is 0.492 e. The molecule has 3 aliphatic rings. The molecular weight excluding hydrogens is 1460 g/mol. The number of nitrogens with one attached hydrogen (secondary N) is 6. The predicted octanol–water partition coefficient (Wildman–Crippen LogP) is 15.1. The van der Waals surface area contributed by atoms with Crippen molar-refractivity contribution in [3.8, 4) is 73.5 Å². The van der Waals surface area contributed by atoms with Gasteiger partial charge in [-0.25, -0.2) is 13.2 Å². The Morgan fingerprint density at radius 1 is 0.504 bits per heavy atom. The third-order valence-electron chi connectivity index (χ3n) is 20.0. The van der Waals surface area contributed by atoms with E-state index in [1.165, 1.54) is 48.2 Å². The summed E-state index contributed by atoms with van der Waals surface area (Å²) in [6, 6.07) is 35.5. The van der Waals surface area contributed by atoms with Crippen LogP contribution in [0.4, 0.5) is 18.9 Å². The molecule has 0 bridgehead atoms. The molecule has 5 aromatic heterocycles. The van der Waals surface area contributed by atoms with Gasteiger partial charge in [-0.3, -0.25) is 35.3 Å². The number of fused-ring (bicyclic) bond motifs is 1. The highest BCUT2D eigenvalue weighted by Gasteiger charge is 2.25. The lowest BCUT2D eigenvalue weighted by atomic mass is 10.0. The van der Waals surface area contributed by atoms with E-state index in [2.05, 4.69) is 191 Å². The molecule has 622 valence electrons. The summed E-state index contributed by atoms with van der Waals surface area (Å²) in [5, 5.41) is 39.5. The second kappa shape index (κ2) is 47.5. The molecule has 8 heterocycles. The molecule has 3 aliphatic heterocycles. The van der Waals surface area contributed by atoms with E-state index in [1.807, 2.05) is 49.1 Å². The lowest BCUT2D eigenvalue weighted by Gasteiger charge is -2.26. The standard InChI is InChI=1S/C20H30N4O2.C20H29N3O2.C17H23F2N3.C16H21N5O.C15H21FN4/c1-3-8-23(2)16-18-15-21-22-20(18)17-4-6-19(7-5-17)26-14-11-24-9-12-25-13-10-24;1-3-4-11-23(2)15-17-14-21-22-20(17)16-5-7-18(8-6-16)25-19-9-12-24-13-10-19;1-4-5-10-22(3)12-14-11-20-21-16(14)13-6-8-15(9-7-13)17(2,18)19;1-11-10-22-15-4-3-12(7-14(15)19-11)16-13(8-18-20-16)9-21(2)6-5-17;1-2-8-20(9-7-17)11-13-10-18-19-15(13)12-3-5-14(16)6-4-12/h4-7,15H,3,8-14,16H2,1-2H3,(H,21,22);5-8,14,19H,3-4,9-13,15H2,1-2H3,(H,21,22);6-9,11H,4-5,10,12H2,1-3H3,(H,20,21);3-4,7-8,19H,1,5-6,9-10,17H2,2H3,(H,18,20);3-6,10H,2,7-9,11,17H2,1H3,(H,18,19). The van der Waals surface area contributed by atoms with E-state index in [1.54, 1.807) is 30.5 Å². The maximum absolute atomic E-state index is 13.3. The van der Waals surface area contributed by atoms with Gasteiger partial charge in [0.05, 0.1) is 91.6 Å². The minimum absolute atomic E-state index is 0.0254. The predicted molar refractivity (Wildman–Crippen MR) is 454 cm³/mol. The summed E-state index contributed by atoms with van der Waals surface area (Å²) >= 11 is 0. The third-order valence-corrected chi connectivity index (χ3v) is 20.0. The van der Waals surface area contributed by atoms with Crippen LogP contribution < -0.4 is 31.0 Å². The summed E-state index contributed by atoms with van der Waals surface area (Å²) < 4.78 is 67.8. The van der Waals surface area contributed by atoms with Crippen molar-refractivity contribution in [1.82, 2.24) is 80.4 Å². The van der Waals surface area contributed by atoms with Gasteiger partial charge >= 0.3 is 0 Å². The molecule has 0 saturated carbocycles. The van der Waals surface area contributed by atoms with Gasteiger partial charge in [-0.1, -0.05) is 71.4 Å². The second-order valence-electron chi connectivity index (χ2n) is 29.8. The number of hydrogen-bond acceptors (Lipinski definition) is 19. The quantitative estimate of drug-likeness (QED) is 0.0181. The lowest BCUT2D eigenvalue weighted by molar-refractivity contribution is 0.0174. The molecule has 10 N–H and O–H groups in total. The van der Waals surface area contributed by atoms with Gasteiger partial charge in [0.25, 0.3) is 5.92 Å². The normalized spacial score (nSPS) is 13.8. The zero-order chi connectivity index (χ0) is 81.7. The number of aromatic amines is 5. The van der Waals surface area contributed by atoms with E-state index in [-0.39, 0.29) is 17.5 Å². The minimum atomic E-state index is -2.81. The molecule has 5 aromatic carbocycles. The van der Waals surface area contributed by atoms with Crippen LogP contribution in [0.2, 0.25) is 0 Å². The van der Waals surface area contributed by atoms with Gasteiger partial charge in [0.1, 0.15) is 42.4 Å². The van der Waals surface area contributed by atoms with Crippen LogP contribution in [0.3, 0.4) is 0 Å². The molecule has 0 unspecified atom stereocenters. The van der Waals surface area contributed by atoms with Crippen LogP contribution in [-0.2, 0) is 48.1 Å². The van der Waals surface area contributed by atoms with Crippen molar-refractivity contribution in [2.24, 2.45) is 11.5 Å². The van der Waals surface area contributed by atoms with E-state index < -0.39 is 5.92 Å². The molecule has 2 saturated heterocycles. The number of anilines is 1. The highest BCUT2D eigenvalue weighted by molar-refractivity contribution is 5.74. The topological polar surface area (TPSA) is 273 Å². The van der Waals surface area contributed by atoms with Gasteiger partial charge in [-0.05, 0) is 177 Å². The summed E-state index contributed by atoms with van der Waals surface area (Å²) in [5.74, 6) is -0.360. The first-order valence-corrected chi connectivity index (χ1v) is 40.7. The number of aromatic nitrogens is 10. The van der Waals surface area contributed by atoms with E-state index in [9.17, 15) is 13.2 Å². The number of hydrogen-bond donors (Lipinski definition) is 8. The van der Waals surface area contributed by atoms with Gasteiger partial charge < -0.3 is 60.1 Å². The minimum Gasteiger partial charge on any atom is -0.492 e. The number of unbranched alkanes of at least 4 members (excludes halogenated alkanes) is 2. The average molecular weight is 1590 g/mol. The summed E-state index contributed by atoms with van der Waals surface area (Å²) in [6.45, 7) is 32.4. The van der Waals surface area contributed by atoms with Gasteiger partial charge in [-0.2, -0.15) is 25.5 Å². The molecule has 0 radical (unpaired) electrons. The van der Waals surface area contributed by atoms with E-state index >= 15 is 0 Å². The molecule has 0 aliphatic carbocycles. The van der Waals surface area contributed by atoms with Crippen LogP contribution in [0.1, 0.15) is 119 Å². The van der Waals surface area contributed by atoms with Crippen molar-refractivity contribution in [2.75, 3.05) is 145 Å². The molecule has 13 rings (SSSR count). The number of benzene rings is 5. The maximum Gasteiger partial charge on any atom is 0.270 e. The Labute approximate surface area is 678 Å². The smallest absolute Gasteiger partial charge is 0.270 e. The zero-order valence-electron chi connectivity index (χ0n) is 69.1. The highest BCUT2D eigenvalue weighted by Crippen LogP contribution is 2.36. The number of H-pyrrole nitrogens is 5. The van der Waals surface area contributed by atoms with Gasteiger partial charge in [-0.15, -0.1) is 0 Å². The second-order valence-corrected chi connectivity index (χ2v) is 29.8. The van der Waals surface area contributed by atoms with Crippen LogP contribution >= 0.6 is 0 Å². The molecule has 0 amide bonds. The monoisotopic (exact) mass is 1580 g/mol. The summed E-state index contributed by atoms with van der Waals surface area (Å²) in [5.41, 5.74) is 29.1. The molecule has 24 nitrogen and oxygen atoms in total. The Morgan fingerprint density at radius 3 is 1.38 bits per heavy atom. The number of likely N-dealkylation sites (N-methyl/N-ethyl adjacent to an activating group) is 1. The zero-order valence-corrected chi connectivity index (χ0v) is 69.1. The van der Waals surface area contributed by atoms with E-state index in [4.69, 9.17) is 35.2 Å². The average Bonchev–Trinajstić information content (AvgIpc) is 1.80. The van der Waals surface area contributed by atoms with Crippen LogP contribution in [-0.4, -0.2) is 226 Å². The molecule has 2 fully saturated rings. The summed E-state index contributed by atoms with van der Waals surface area (Å²) in [6.07, 6.45) is 18.6. The fraction of sp³-hybridized carbons (Fsp3) is 0.466. The molecule has 27 heteroatoms. The van der Waals surface area contributed by atoms with Crippen molar-refractivity contribution in [2.45, 2.75) is 131 Å². The third kappa shape index (κ3) is 29.0. The van der Waals surface area contributed by atoms with Crippen LogP contribution in [0.25, 0.3) is 56.3 Å². The number of morpholine rings is 1. The van der Waals surface area contributed by atoms with Crippen LogP contribution in [0.5, 0.6) is 17.2 Å². The lowest BCUT2D eigenvalue weighted by Crippen LogP contribution is -2.38. The number of nitrogens with zero attached hydrogens (tertiary/aromatic N) is 11. The Kier molecular flexibility index (Phi) is 36.9. The van der Waals surface area contributed by atoms with Gasteiger partial charge in [0.15, 0.2) is 0 Å². The summed E-state index contributed by atoms with van der Waals surface area (Å²) in [7, 11) is 8.44. The number of halogens is 3. The Hall–Kier alpha value is -9.52. The van der Waals surface area contributed by atoms with Crippen molar-refractivity contribution in [3.63, 3.8) is 0 Å². The van der Waals surface area contributed by atoms with E-state index in [0.29, 0.717) is 26.3 Å². The Bertz CT molecular complexity index is 4350. The van der Waals surface area contributed by atoms with Crippen molar-refractivity contribution < 1.29 is 36.9 Å². The number of alkyl halides is 2. The van der Waals surface area contributed by atoms with Crippen molar-refractivity contribution in [3.05, 3.63) is 198 Å². The Morgan fingerprint density at radius 2 is 0.922 bits per heavy atom. The highest BCUT2D eigenvalue weighted by atomic mass is 19.3. The molecule has 0 spiro atoms.